The van der Waals surface area contributed by atoms with Gasteiger partial charge in [0.25, 0.3) is 0 Å². The monoisotopic (exact) mass is 297 g/mol. The van der Waals surface area contributed by atoms with Crippen LogP contribution in [0.15, 0.2) is 54.7 Å². The molecule has 2 aromatic carbocycles. The predicted octanol–water partition coefficient (Wildman–Crippen LogP) is 5.20. The van der Waals surface area contributed by atoms with Crippen LogP contribution in [0.2, 0.25) is 0 Å². The molecule has 2 aliphatic carbocycles. The van der Waals surface area contributed by atoms with Crippen molar-refractivity contribution in [1.82, 2.24) is 4.98 Å². The van der Waals surface area contributed by atoms with E-state index in [1.54, 1.807) is 0 Å². The Labute approximate surface area is 137 Å². The molecule has 0 radical (unpaired) electrons. The molecule has 2 aliphatic rings. The Morgan fingerprint density at radius 1 is 0.652 bits per heavy atom. The lowest BCUT2D eigenvalue weighted by Gasteiger charge is -2.19. The number of pyridine rings is 1. The first-order chi connectivity index (χ1) is 11.4. The lowest BCUT2D eigenvalue weighted by Crippen LogP contribution is -2.06. The number of hydrogen-bond donors (Lipinski definition) is 0. The van der Waals surface area contributed by atoms with Crippen LogP contribution in [-0.4, -0.2) is 4.98 Å². The van der Waals surface area contributed by atoms with Crippen molar-refractivity contribution in [2.45, 2.75) is 32.1 Å². The van der Waals surface area contributed by atoms with E-state index >= 15 is 0 Å². The van der Waals surface area contributed by atoms with Gasteiger partial charge in [0.1, 0.15) is 0 Å². The predicted molar refractivity (Wildman–Crippen MR) is 94.6 cm³/mol. The average molecular weight is 297 g/mol. The highest BCUT2D eigenvalue weighted by molar-refractivity contribution is 5.84. The van der Waals surface area contributed by atoms with E-state index in [1.807, 2.05) is 6.20 Å². The number of benzene rings is 2. The van der Waals surface area contributed by atoms with Crippen molar-refractivity contribution in [3.05, 3.63) is 77.0 Å². The molecular weight excluding hydrogens is 278 g/mol. The fraction of sp³-hybridized carbons (Fsp3) is 0.227. The van der Waals surface area contributed by atoms with Crippen LogP contribution < -0.4 is 0 Å². The molecule has 0 bridgehead atoms. The van der Waals surface area contributed by atoms with Crippen LogP contribution in [0.25, 0.3) is 22.4 Å². The zero-order valence-corrected chi connectivity index (χ0v) is 13.2. The molecule has 0 N–H and O–H groups in total. The van der Waals surface area contributed by atoms with E-state index < -0.39 is 0 Å². The highest BCUT2D eigenvalue weighted by Gasteiger charge is 2.23. The van der Waals surface area contributed by atoms with Crippen LogP contribution in [-0.2, 0) is 19.3 Å². The normalized spacial score (nSPS) is 15.0. The Balaban J connectivity index is 1.73. The molecule has 0 amide bonds. The lowest BCUT2D eigenvalue weighted by molar-refractivity contribution is 0.683. The maximum Gasteiger partial charge on any atom is 0.0739 e. The van der Waals surface area contributed by atoms with Gasteiger partial charge in [-0.15, -0.1) is 0 Å². The summed E-state index contributed by atoms with van der Waals surface area (Å²) in [5.74, 6) is 0. The van der Waals surface area contributed by atoms with E-state index in [9.17, 15) is 0 Å². The second-order valence-electron chi connectivity index (χ2n) is 6.67. The second kappa shape index (κ2) is 5.06. The molecule has 0 atom stereocenters. The van der Waals surface area contributed by atoms with Crippen molar-refractivity contribution in [2.75, 3.05) is 0 Å². The van der Waals surface area contributed by atoms with Crippen LogP contribution in [0.3, 0.4) is 0 Å². The number of nitrogens with zero attached hydrogens (tertiary/aromatic N) is 1. The van der Waals surface area contributed by atoms with E-state index in [2.05, 4.69) is 48.5 Å². The van der Waals surface area contributed by atoms with Gasteiger partial charge < -0.3 is 0 Å². The molecule has 1 aromatic heterocycles. The number of rotatable bonds is 1. The molecule has 0 aliphatic heterocycles. The van der Waals surface area contributed by atoms with Crippen molar-refractivity contribution in [1.29, 1.82) is 0 Å². The van der Waals surface area contributed by atoms with Crippen LogP contribution >= 0.6 is 0 Å². The van der Waals surface area contributed by atoms with Gasteiger partial charge in [-0.05, 0) is 71.6 Å². The summed E-state index contributed by atoms with van der Waals surface area (Å²) in [4.78, 5) is 4.80. The molecule has 3 aromatic rings. The minimum atomic E-state index is 1.03. The zero-order chi connectivity index (χ0) is 15.2. The average Bonchev–Trinajstić information content (AvgIpc) is 3.00. The third-order valence-electron chi connectivity index (χ3n) is 5.38. The zero-order valence-electron chi connectivity index (χ0n) is 13.2. The van der Waals surface area contributed by atoms with E-state index in [0.29, 0.717) is 0 Å². The van der Waals surface area contributed by atoms with Crippen molar-refractivity contribution in [2.24, 2.45) is 0 Å². The Hall–Kier alpha value is -2.41. The van der Waals surface area contributed by atoms with Gasteiger partial charge in [-0.1, -0.05) is 42.5 Å². The molecule has 1 heterocycles. The van der Waals surface area contributed by atoms with Gasteiger partial charge in [0.2, 0.25) is 0 Å². The van der Waals surface area contributed by atoms with Gasteiger partial charge >= 0.3 is 0 Å². The van der Waals surface area contributed by atoms with E-state index in [0.717, 1.165) is 6.42 Å². The number of aromatic nitrogens is 1. The molecule has 0 fully saturated rings. The molecule has 0 saturated heterocycles. The Morgan fingerprint density at radius 2 is 1.48 bits per heavy atom. The van der Waals surface area contributed by atoms with E-state index in [4.69, 9.17) is 4.98 Å². The molecule has 23 heavy (non-hydrogen) atoms. The Kier molecular flexibility index (Phi) is 2.87. The van der Waals surface area contributed by atoms with Crippen LogP contribution in [0, 0.1) is 0 Å². The Bertz CT molecular complexity index is 908. The van der Waals surface area contributed by atoms with Crippen molar-refractivity contribution >= 4 is 0 Å². The third kappa shape index (κ3) is 1.96. The minimum Gasteiger partial charge on any atom is -0.256 e. The van der Waals surface area contributed by atoms with Gasteiger partial charge in [0.05, 0.1) is 5.69 Å². The van der Waals surface area contributed by atoms with Crippen molar-refractivity contribution < 1.29 is 0 Å². The quantitative estimate of drug-likeness (QED) is 0.470. The largest absolute Gasteiger partial charge is 0.256 e. The smallest absolute Gasteiger partial charge is 0.0739 e. The number of aryl methyl sites for hydroxylation is 1. The van der Waals surface area contributed by atoms with Gasteiger partial charge in [-0.3, -0.25) is 4.98 Å². The topological polar surface area (TPSA) is 12.9 Å². The summed E-state index contributed by atoms with van der Waals surface area (Å²) in [6, 6.07) is 17.7. The van der Waals surface area contributed by atoms with Crippen LogP contribution in [0.1, 0.15) is 35.1 Å². The first-order valence-corrected chi connectivity index (χ1v) is 8.59. The first-order valence-electron chi connectivity index (χ1n) is 8.59. The van der Waals surface area contributed by atoms with E-state index in [-0.39, 0.29) is 0 Å². The molecular formula is C22H19N. The molecule has 5 rings (SSSR count). The number of fused-ring (bicyclic) bond motifs is 4. The van der Waals surface area contributed by atoms with E-state index in [1.165, 1.54) is 70.3 Å². The van der Waals surface area contributed by atoms with Gasteiger partial charge in [-0.25, -0.2) is 0 Å². The highest BCUT2D eigenvalue weighted by Crippen LogP contribution is 2.42. The summed E-state index contributed by atoms with van der Waals surface area (Å²) >= 11 is 0. The fourth-order valence-electron chi connectivity index (χ4n) is 4.27. The van der Waals surface area contributed by atoms with Crippen molar-refractivity contribution in [3.63, 3.8) is 0 Å². The Morgan fingerprint density at radius 3 is 2.48 bits per heavy atom. The van der Waals surface area contributed by atoms with Crippen LogP contribution in [0.4, 0.5) is 0 Å². The highest BCUT2D eigenvalue weighted by atomic mass is 14.7. The fourth-order valence-corrected chi connectivity index (χ4v) is 4.27. The molecule has 0 spiro atoms. The SMILES string of the molecule is c1ccc2c(c1)Cc1c-2cccc1-c1nccc2c1CCCC2. The van der Waals surface area contributed by atoms with Gasteiger partial charge in [0, 0.05) is 11.8 Å². The summed E-state index contributed by atoms with van der Waals surface area (Å²) in [7, 11) is 0. The van der Waals surface area contributed by atoms with Crippen molar-refractivity contribution in [3.8, 4) is 22.4 Å². The first kappa shape index (κ1) is 13.1. The minimum absolute atomic E-state index is 1.03. The second-order valence-corrected chi connectivity index (χ2v) is 6.67. The molecule has 112 valence electrons. The third-order valence-corrected chi connectivity index (χ3v) is 5.38. The maximum atomic E-state index is 4.80. The lowest BCUT2D eigenvalue weighted by atomic mass is 9.87. The summed E-state index contributed by atoms with van der Waals surface area (Å²) in [5.41, 5.74) is 11.3. The van der Waals surface area contributed by atoms with Crippen LogP contribution in [0.5, 0.6) is 0 Å². The molecule has 1 nitrogen and oxygen atoms in total. The summed E-state index contributed by atoms with van der Waals surface area (Å²) < 4.78 is 0. The standard InChI is InChI=1S/C22H19N/c1-4-9-18-15(6-1)12-13-23-22(18)20-11-5-10-19-17-8-3-2-7-16(17)14-21(19)20/h2-3,5,7-8,10-13H,1,4,6,9,14H2. The maximum absolute atomic E-state index is 4.80. The summed E-state index contributed by atoms with van der Waals surface area (Å²) in [5, 5.41) is 0. The number of hydrogen-bond acceptors (Lipinski definition) is 1. The molecule has 0 unspecified atom stereocenters. The summed E-state index contributed by atoms with van der Waals surface area (Å²) in [6.07, 6.45) is 8.03. The molecule has 0 saturated carbocycles. The van der Waals surface area contributed by atoms with Gasteiger partial charge in [-0.2, -0.15) is 0 Å². The summed E-state index contributed by atoms with van der Waals surface area (Å²) in [6.45, 7) is 0. The van der Waals surface area contributed by atoms with Gasteiger partial charge in [0.15, 0.2) is 0 Å². The molecule has 1 heteroatoms.